The lowest BCUT2D eigenvalue weighted by atomic mass is 9.91. The lowest BCUT2D eigenvalue weighted by Gasteiger charge is -2.25. The Morgan fingerprint density at radius 2 is 0.758 bits per heavy atom. The molecule has 16 N–H and O–H groups in total. The summed E-state index contributed by atoms with van der Waals surface area (Å²) < 4.78 is 15.3. The van der Waals surface area contributed by atoms with E-state index in [1.807, 2.05) is 91.0 Å². The van der Waals surface area contributed by atoms with Crippen molar-refractivity contribution in [3.05, 3.63) is 196 Å². The molecule has 18 heteroatoms. The normalized spacial score (nSPS) is 12.3. The van der Waals surface area contributed by atoms with Crippen molar-refractivity contribution in [2.75, 3.05) is 31.4 Å². The molecule has 460 valence electrons. The zero-order valence-corrected chi connectivity index (χ0v) is 51.5. The molecule has 6 unspecified atom stereocenters. The molecule has 0 saturated carbocycles. The molecule has 0 bridgehead atoms. The Hall–Kier alpha value is -11.7. The van der Waals surface area contributed by atoms with Crippen LogP contribution in [0.2, 0.25) is 0 Å². The van der Waals surface area contributed by atoms with E-state index in [-0.39, 0.29) is 12.0 Å². The van der Waals surface area contributed by atoms with Crippen molar-refractivity contribution in [1.82, 2.24) is 25.7 Å². The predicted molar refractivity (Wildman–Crippen MR) is 357 cm³/mol. The molecule has 0 radical (unpaired) electrons. The van der Waals surface area contributed by atoms with Gasteiger partial charge >= 0.3 is 18.0 Å². The number of H-pyrrole nitrogens is 3. The Labute approximate surface area is 528 Å². The van der Waals surface area contributed by atoms with Gasteiger partial charge in [-0.05, 0) is 203 Å². The summed E-state index contributed by atoms with van der Waals surface area (Å²) in [5.41, 5.74) is 41.7. The van der Waals surface area contributed by atoms with Crippen molar-refractivity contribution in [3.63, 3.8) is 0 Å². The van der Waals surface area contributed by atoms with E-state index in [9.17, 15) is 19.2 Å². The SMILES string of the molecule is CC(N)C(C(=O)NO)c1c[nH]c2cc(C#CC#Cc3ccc(N)cc3)ccc12.COC(=O)C(c1c[nH]c2cc(C#CC#Cc3ccc(N)cc3)ccc12)C(C)N.COC(=O)C(c1c[nH]c2cc(C#CC#Cc3ccc(N)cc3)ccc12)C(C)NC(=O)OC(C)(C)C. The molecular formula is C73H70N10O8. The van der Waals surface area contributed by atoms with Crippen molar-refractivity contribution in [2.24, 2.45) is 11.5 Å². The van der Waals surface area contributed by atoms with Gasteiger partial charge in [-0.15, -0.1) is 0 Å². The van der Waals surface area contributed by atoms with Gasteiger partial charge in [-0.3, -0.25) is 19.6 Å². The fourth-order valence-electron chi connectivity index (χ4n) is 9.56. The lowest BCUT2D eigenvalue weighted by Crippen LogP contribution is -2.42. The Morgan fingerprint density at radius 3 is 1.07 bits per heavy atom. The smallest absolute Gasteiger partial charge is 0.407 e. The number of carbonyl (C=O) groups is 4. The summed E-state index contributed by atoms with van der Waals surface area (Å²) in [6.07, 6.45) is 4.67. The lowest BCUT2D eigenvalue weighted by molar-refractivity contribution is -0.143. The zero-order chi connectivity index (χ0) is 65.8. The average Bonchev–Trinajstić information content (AvgIpc) is 1.72. The van der Waals surface area contributed by atoms with Gasteiger partial charge in [0.25, 0.3) is 5.91 Å². The molecule has 2 amide bonds. The van der Waals surface area contributed by atoms with Gasteiger partial charge in [0.05, 0.1) is 26.1 Å². The number of nitrogens with two attached hydrogens (primary N) is 5. The van der Waals surface area contributed by atoms with Gasteiger partial charge in [0.1, 0.15) is 11.5 Å². The topological polar surface area (TPSA) is 318 Å². The fourth-order valence-corrected chi connectivity index (χ4v) is 9.56. The van der Waals surface area contributed by atoms with Crippen LogP contribution in [0.5, 0.6) is 0 Å². The number of aromatic amines is 3. The highest BCUT2D eigenvalue weighted by Crippen LogP contribution is 2.32. The fraction of sp³-hybridized carbons (Fsp3) is 0.205. The molecule has 9 rings (SSSR count). The van der Waals surface area contributed by atoms with E-state index in [4.69, 9.17) is 48.1 Å². The molecule has 3 aromatic heterocycles. The number of fused-ring (bicyclic) bond motifs is 3. The summed E-state index contributed by atoms with van der Waals surface area (Å²) in [7, 11) is 2.69. The average molecular weight is 1220 g/mol. The van der Waals surface area contributed by atoms with E-state index in [0.29, 0.717) is 22.6 Å². The Morgan fingerprint density at radius 1 is 0.462 bits per heavy atom. The van der Waals surface area contributed by atoms with Gasteiger partial charge in [0.15, 0.2) is 0 Å². The molecule has 0 fully saturated rings. The Balaban J connectivity index is 0.000000196. The number of hydrogen-bond donors (Lipinski definition) is 11. The third-order valence-electron chi connectivity index (χ3n) is 13.9. The number of benzene rings is 6. The first kappa shape index (κ1) is 66.8. The highest BCUT2D eigenvalue weighted by Gasteiger charge is 2.33. The minimum atomic E-state index is -0.732. The number of anilines is 3. The number of hydrogen-bond acceptors (Lipinski definition) is 13. The zero-order valence-electron chi connectivity index (χ0n) is 51.5. The number of hydroxylamine groups is 1. The third kappa shape index (κ3) is 18.6. The number of ether oxygens (including phenoxy) is 3. The minimum absolute atomic E-state index is 0.349. The van der Waals surface area contributed by atoms with Crippen molar-refractivity contribution in [3.8, 4) is 71.0 Å². The third-order valence-corrected chi connectivity index (χ3v) is 13.9. The molecule has 6 aromatic carbocycles. The van der Waals surface area contributed by atoms with E-state index >= 15 is 0 Å². The maximum atomic E-state index is 12.7. The largest absolute Gasteiger partial charge is 0.469 e. The van der Waals surface area contributed by atoms with Gasteiger partial charge in [0, 0.05) is 120 Å². The first-order valence-corrected chi connectivity index (χ1v) is 28.6. The van der Waals surface area contributed by atoms with Crippen LogP contribution in [-0.4, -0.2) is 82.0 Å². The van der Waals surface area contributed by atoms with E-state index < -0.39 is 53.4 Å². The standard InChI is InChI=1S/C28H29N3O4.C23H21N3O2.C22H20N4O2/c1-18(31-27(33)35-28(2,3)4)25(26(32)34-5)23-17-30-24-16-20(12-15-22(23)24)9-7-6-8-19-10-13-21(29)14-11-19;1-15(24)22(23(27)28-2)20-14-26-21-13-17(9-12-19(20)21)6-4-3-5-16-7-10-18(25)11-8-16;1-14(23)21(22(27)26-28)19-13-25-20-12-16(8-11-18(19)20)5-3-2-4-15-6-9-17(24)10-7-15/h10-18,25,30H,29H2,1-5H3,(H,31,33);7-15,22,26H,24-25H2,1-2H3;6-14,21,25,28H,23-24H2,1H3,(H,26,27). The number of methoxy groups -OCH3 is 2. The summed E-state index contributed by atoms with van der Waals surface area (Å²) in [6.45, 7) is 10.6. The first-order valence-electron chi connectivity index (χ1n) is 28.6. The quantitative estimate of drug-likeness (QED) is 0.0152. The second kappa shape index (κ2) is 31.3. The summed E-state index contributed by atoms with van der Waals surface area (Å²) in [5.74, 6) is 31.7. The highest BCUT2D eigenvalue weighted by molar-refractivity contribution is 5.94. The van der Waals surface area contributed by atoms with Crippen molar-refractivity contribution >= 4 is 73.7 Å². The van der Waals surface area contributed by atoms with E-state index in [1.54, 1.807) is 102 Å². The monoisotopic (exact) mass is 1210 g/mol. The number of nitrogen functional groups attached to an aromatic ring is 3. The molecule has 0 aliphatic rings. The molecule has 9 aromatic rings. The van der Waals surface area contributed by atoms with Crippen molar-refractivity contribution < 1.29 is 38.6 Å². The summed E-state index contributed by atoms with van der Waals surface area (Å²) in [4.78, 5) is 58.5. The number of carbonyl (C=O) groups excluding carboxylic acids is 4. The highest BCUT2D eigenvalue weighted by atomic mass is 16.6. The van der Waals surface area contributed by atoms with Crippen LogP contribution in [0.1, 0.15) is 109 Å². The Bertz CT molecular complexity index is 4320. The molecule has 0 saturated heterocycles. The van der Waals surface area contributed by atoms with Crippen LogP contribution >= 0.6 is 0 Å². The number of amides is 2. The molecule has 0 aliphatic heterocycles. The van der Waals surface area contributed by atoms with Crippen LogP contribution in [0.15, 0.2) is 146 Å². The maximum Gasteiger partial charge on any atom is 0.407 e. The number of alkyl carbamates (subject to hydrolysis) is 1. The van der Waals surface area contributed by atoms with Crippen LogP contribution in [0.3, 0.4) is 0 Å². The molecule has 6 atom stereocenters. The second-order valence-corrected chi connectivity index (χ2v) is 22.0. The van der Waals surface area contributed by atoms with E-state index in [1.165, 1.54) is 14.2 Å². The Kier molecular flexibility index (Phi) is 22.9. The summed E-state index contributed by atoms with van der Waals surface area (Å²) in [5, 5.41) is 14.3. The van der Waals surface area contributed by atoms with Crippen LogP contribution in [-0.2, 0) is 28.6 Å². The predicted octanol–water partition coefficient (Wildman–Crippen LogP) is 9.17. The first-order chi connectivity index (χ1) is 43.5. The molecular weight excluding hydrogens is 1140 g/mol. The van der Waals surface area contributed by atoms with Crippen LogP contribution in [0.4, 0.5) is 21.9 Å². The van der Waals surface area contributed by atoms with Crippen molar-refractivity contribution in [2.45, 2.75) is 83.0 Å². The van der Waals surface area contributed by atoms with E-state index in [0.717, 1.165) is 77.2 Å². The maximum absolute atomic E-state index is 12.7. The van der Waals surface area contributed by atoms with Gasteiger partial charge in [-0.25, -0.2) is 10.3 Å². The van der Waals surface area contributed by atoms with Crippen LogP contribution < -0.4 is 39.5 Å². The summed E-state index contributed by atoms with van der Waals surface area (Å²) >= 11 is 0. The van der Waals surface area contributed by atoms with Crippen molar-refractivity contribution in [1.29, 1.82) is 0 Å². The van der Waals surface area contributed by atoms with Crippen LogP contribution in [0, 0.1) is 71.0 Å². The van der Waals surface area contributed by atoms with Gasteiger partial charge in [0.2, 0.25) is 0 Å². The molecule has 0 aliphatic carbocycles. The molecule has 18 nitrogen and oxygen atoms in total. The van der Waals surface area contributed by atoms with Gasteiger partial charge < -0.3 is 63.1 Å². The minimum Gasteiger partial charge on any atom is -0.469 e. The molecule has 91 heavy (non-hydrogen) atoms. The van der Waals surface area contributed by atoms with Gasteiger partial charge in [-0.2, -0.15) is 0 Å². The molecule has 0 spiro atoms. The number of nitrogens with one attached hydrogen (secondary N) is 5. The van der Waals surface area contributed by atoms with E-state index in [2.05, 4.69) is 91.3 Å². The molecule has 3 heterocycles. The van der Waals surface area contributed by atoms with Gasteiger partial charge in [-0.1, -0.05) is 53.7 Å². The van der Waals surface area contributed by atoms with Crippen LogP contribution in [0.25, 0.3) is 32.7 Å². The number of rotatable bonds is 10. The summed E-state index contributed by atoms with van der Waals surface area (Å²) in [6, 6.07) is 37.4. The number of esters is 2. The number of aromatic nitrogens is 3. The second-order valence-electron chi connectivity index (χ2n) is 22.0.